The van der Waals surface area contributed by atoms with Gasteiger partial charge in [0, 0.05) is 5.31 Å². The van der Waals surface area contributed by atoms with Crippen molar-refractivity contribution in [1.82, 2.24) is 0 Å². The highest BCUT2D eigenvalue weighted by Crippen LogP contribution is 2.50. The number of rotatable bonds is 3. The van der Waals surface area contributed by atoms with Crippen LogP contribution >= 0.6 is 0 Å². The van der Waals surface area contributed by atoms with Crippen LogP contribution in [0.1, 0.15) is 79.1 Å². The predicted molar refractivity (Wildman–Crippen MR) is 81.1 cm³/mol. The molecule has 2 aliphatic rings. The molecule has 0 heterocycles. The second kappa shape index (κ2) is 5.77. The Kier molecular flexibility index (Phi) is 4.67. The van der Waals surface area contributed by atoms with Gasteiger partial charge in [0.25, 0.3) is 0 Å². The van der Waals surface area contributed by atoms with Gasteiger partial charge < -0.3 is 9.68 Å². The maximum absolute atomic E-state index is 10.7. The van der Waals surface area contributed by atoms with Crippen molar-refractivity contribution in [3.63, 3.8) is 0 Å². The minimum atomic E-state index is -0.603. The van der Waals surface area contributed by atoms with Crippen LogP contribution in [0.5, 0.6) is 0 Å². The lowest BCUT2D eigenvalue weighted by molar-refractivity contribution is -0.0262. The standard InChI is InChI=1S/C16H31BO2/c1-13-9-5-7-11-15(13,3)17(18)19-16(4)12-8-6-10-14(16)2/h13-14,18H,5-12H2,1-4H3. The van der Waals surface area contributed by atoms with Crippen molar-refractivity contribution >= 4 is 7.12 Å². The maximum Gasteiger partial charge on any atom is 0.461 e. The molecule has 0 saturated heterocycles. The fourth-order valence-electron chi connectivity index (χ4n) is 3.94. The van der Waals surface area contributed by atoms with Crippen molar-refractivity contribution in [2.75, 3.05) is 0 Å². The second-order valence-electron chi connectivity index (χ2n) is 7.58. The first kappa shape index (κ1) is 15.4. The molecule has 110 valence electrons. The van der Waals surface area contributed by atoms with Crippen molar-refractivity contribution in [3.8, 4) is 0 Å². The van der Waals surface area contributed by atoms with E-state index in [4.69, 9.17) is 4.65 Å². The predicted octanol–water partition coefficient (Wildman–Crippen LogP) is 4.42. The minimum Gasteiger partial charge on any atom is -0.427 e. The normalized spacial score (nSPS) is 44.1. The molecule has 4 unspecified atom stereocenters. The second-order valence-corrected chi connectivity index (χ2v) is 7.58. The van der Waals surface area contributed by atoms with Gasteiger partial charge in [0.15, 0.2) is 0 Å². The molecule has 0 aromatic rings. The molecule has 0 aromatic carbocycles. The van der Waals surface area contributed by atoms with Crippen molar-refractivity contribution in [2.45, 2.75) is 90.0 Å². The average molecular weight is 266 g/mol. The van der Waals surface area contributed by atoms with Gasteiger partial charge in [-0.3, -0.25) is 0 Å². The lowest BCUT2D eigenvalue weighted by Gasteiger charge is -2.46. The van der Waals surface area contributed by atoms with Crippen LogP contribution in [-0.2, 0) is 4.65 Å². The number of hydrogen-bond acceptors (Lipinski definition) is 2. The number of hydrogen-bond donors (Lipinski definition) is 1. The SMILES string of the molecule is CC1CCCCC1(C)OB(O)C1(C)CCCCC1C. The Hall–Kier alpha value is -0.0151. The van der Waals surface area contributed by atoms with Crippen LogP contribution in [0.15, 0.2) is 0 Å². The van der Waals surface area contributed by atoms with Gasteiger partial charge >= 0.3 is 7.12 Å². The summed E-state index contributed by atoms with van der Waals surface area (Å²) in [7, 11) is -0.603. The molecule has 3 heteroatoms. The first-order valence-corrected chi connectivity index (χ1v) is 8.24. The van der Waals surface area contributed by atoms with E-state index in [9.17, 15) is 5.02 Å². The van der Waals surface area contributed by atoms with Gasteiger partial charge in [-0.2, -0.15) is 0 Å². The third-order valence-electron chi connectivity index (χ3n) is 6.28. The molecule has 2 aliphatic carbocycles. The summed E-state index contributed by atoms with van der Waals surface area (Å²) < 4.78 is 6.26. The maximum atomic E-state index is 10.7. The van der Waals surface area contributed by atoms with E-state index in [1.165, 1.54) is 38.5 Å². The van der Waals surface area contributed by atoms with E-state index in [0.717, 1.165) is 12.8 Å². The van der Waals surface area contributed by atoms with Crippen molar-refractivity contribution in [3.05, 3.63) is 0 Å². The summed E-state index contributed by atoms with van der Waals surface area (Å²) in [6, 6.07) is 0. The molecule has 1 N–H and O–H groups in total. The van der Waals surface area contributed by atoms with Gasteiger partial charge in [-0.05, 0) is 38.0 Å². The molecule has 2 nitrogen and oxygen atoms in total. The van der Waals surface area contributed by atoms with Gasteiger partial charge in [0.2, 0.25) is 0 Å². The molecule has 0 bridgehead atoms. The van der Waals surface area contributed by atoms with Crippen LogP contribution in [0.4, 0.5) is 0 Å². The van der Waals surface area contributed by atoms with Crippen molar-refractivity contribution in [2.24, 2.45) is 11.8 Å². The molecule has 0 radical (unpaired) electrons. The highest BCUT2D eigenvalue weighted by Gasteiger charge is 2.49. The molecule has 2 fully saturated rings. The van der Waals surface area contributed by atoms with Gasteiger partial charge in [0.1, 0.15) is 0 Å². The monoisotopic (exact) mass is 266 g/mol. The van der Waals surface area contributed by atoms with E-state index in [1.807, 2.05) is 0 Å². The molecule has 0 aromatic heterocycles. The summed E-state index contributed by atoms with van der Waals surface area (Å²) in [6.45, 7) is 8.98. The summed E-state index contributed by atoms with van der Waals surface area (Å²) in [5.41, 5.74) is -0.127. The largest absolute Gasteiger partial charge is 0.461 e. The Balaban J connectivity index is 2.04. The van der Waals surface area contributed by atoms with Crippen LogP contribution in [0.3, 0.4) is 0 Å². The first-order valence-electron chi connectivity index (χ1n) is 8.24. The van der Waals surface area contributed by atoms with Crippen molar-refractivity contribution in [1.29, 1.82) is 0 Å². The van der Waals surface area contributed by atoms with E-state index in [-0.39, 0.29) is 10.9 Å². The Bertz CT molecular complexity index is 309. The fraction of sp³-hybridized carbons (Fsp3) is 1.00. The van der Waals surface area contributed by atoms with E-state index < -0.39 is 7.12 Å². The van der Waals surface area contributed by atoms with E-state index >= 15 is 0 Å². The quantitative estimate of drug-likeness (QED) is 0.766. The summed E-state index contributed by atoms with van der Waals surface area (Å²) in [6.07, 6.45) is 9.72. The van der Waals surface area contributed by atoms with Crippen LogP contribution in [0.25, 0.3) is 0 Å². The summed E-state index contributed by atoms with van der Waals surface area (Å²) >= 11 is 0. The highest BCUT2D eigenvalue weighted by atomic mass is 16.5. The lowest BCUT2D eigenvalue weighted by atomic mass is 9.48. The average Bonchev–Trinajstić information content (AvgIpc) is 2.37. The minimum absolute atomic E-state index is 0.0571. The summed E-state index contributed by atoms with van der Waals surface area (Å²) in [5, 5.41) is 10.7. The molecule has 0 aliphatic heterocycles. The zero-order valence-corrected chi connectivity index (χ0v) is 13.2. The van der Waals surface area contributed by atoms with E-state index in [2.05, 4.69) is 27.7 Å². The van der Waals surface area contributed by atoms with Gasteiger partial charge in [-0.25, -0.2) is 0 Å². The Morgan fingerprint density at radius 2 is 1.53 bits per heavy atom. The van der Waals surface area contributed by atoms with Crippen molar-refractivity contribution < 1.29 is 9.68 Å². The molecule has 19 heavy (non-hydrogen) atoms. The summed E-state index contributed by atoms with van der Waals surface area (Å²) in [5.74, 6) is 1.11. The van der Waals surface area contributed by atoms with E-state index in [0.29, 0.717) is 11.8 Å². The molecular formula is C16H31BO2. The Morgan fingerprint density at radius 1 is 0.947 bits per heavy atom. The van der Waals surface area contributed by atoms with Gasteiger partial charge in [-0.1, -0.05) is 52.9 Å². The van der Waals surface area contributed by atoms with Gasteiger partial charge in [0.05, 0.1) is 5.60 Å². The van der Waals surface area contributed by atoms with Crippen LogP contribution in [0.2, 0.25) is 5.31 Å². The fourth-order valence-corrected chi connectivity index (χ4v) is 3.94. The molecule has 0 spiro atoms. The molecular weight excluding hydrogens is 235 g/mol. The summed E-state index contributed by atoms with van der Waals surface area (Å²) in [4.78, 5) is 0. The Labute approximate surface area is 119 Å². The third-order valence-corrected chi connectivity index (χ3v) is 6.28. The molecule has 2 saturated carbocycles. The zero-order valence-electron chi connectivity index (χ0n) is 13.2. The van der Waals surface area contributed by atoms with Gasteiger partial charge in [-0.15, -0.1) is 0 Å². The zero-order chi connectivity index (χ0) is 14.1. The van der Waals surface area contributed by atoms with E-state index in [1.54, 1.807) is 0 Å². The molecule has 4 atom stereocenters. The molecule has 0 amide bonds. The first-order chi connectivity index (χ1) is 8.88. The third kappa shape index (κ3) is 3.02. The van der Waals surface area contributed by atoms with Crippen LogP contribution in [-0.4, -0.2) is 17.7 Å². The molecule has 2 rings (SSSR count). The van der Waals surface area contributed by atoms with Crippen LogP contribution < -0.4 is 0 Å². The van der Waals surface area contributed by atoms with Crippen LogP contribution in [0, 0.1) is 11.8 Å². The smallest absolute Gasteiger partial charge is 0.427 e. The highest BCUT2D eigenvalue weighted by molar-refractivity contribution is 6.47. The Morgan fingerprint density at radius 3 is 2.11 bits per heavy atom. The lowest BCUT2D eigenvalue weighted by Crippen LogP contribution is -2.49. The topological polar surface area (TPSA) is 29.5 Å².